The second kappa shape index (κ2) is 4.72. The van der Waals surface area contributed by atoms with Crippen LogP contribution >= 0.6 is 0 Å². The number of allylic oxidation sites excluding steroid dienone is 2. The maximum Gasteiger partial charge on any atom is -0.0318 e. The van der Waals surface area contributed by atoms with Crippen LogP contribution in [0.15, 0.2) is 6.08 Å². The highest BCUT2D eigenvalue weighted by Crippen LogP contribution is 2.42. The molecule has 1 rings (SSSR count). The molecule has 0 bridgehead atoms. The summed E-state index contributed by atoms with van der Waals surface area (Å²) >= 11 is 0. The fraction of sp³-hybridized carbons (Fsp3) is 0.867. The van der Waals surface area contributed by atoms with Crippen molar-refractivity contribution in [2.45, 2.75) is 66.7 Å². The lowest BCUT2D eigenvalue weighted by Gasteiger charge is -2.34. The predicted octanol–water partition coefficient (Wildman–Crippen LogP) is 5.00. The molecule has 0 spiro atoms. The molecule has 0 saturated heterocycles. The molecule has 1 aliphatic rings. The molecule has 1 fully saturated rings. The number of rotatable bonds is 3. The Kier molecular flexibility index (Phi) is 4.03. The van der Waals surface area contributed by atoms with E-state index >= 15 is 0 Å². The van der Waals surface area contributed by atoms with Gasteiger partial charge in [0.25, 0.3) is 0 Å². The molecule has 1 saturated carbocycles. The molecule has 0 heteroatoms. The van der Waals surface area contributed by atoms with Crippen molar-refractivity contribution in [1.82, 2.24) is 0 Å². The molecule has 0 aromatic heterocycles. The standard InChI is InChI=1S/C15H27/c1-14(2,3)11-8-12-15(4,5)13-9-6-7-10-13/h8,13H,6-7,9-10,12H2,1-5H3/q-1. The first kappa shape index (κ1) is 12.8. The van der Waals surface area contributed by atoms with Crippen LogP contribution in [0.1, 0.15) is 66.7 Å². The summed E-state index contributed by atoms with van der Waals surface area (Å²) < 4.78 is 0. The Labute approximate surface area is 96.2 Å². The van der Waals surface area contributed by atoms with E-state index in [1.807, 2.05) is 0 Å². The van der Waals surface area contributed by atoms with Crippen molar-refractivity contribution >= 4 is 0 Å². The Bertz CT molecular complexity index is 209. The molecule has 0 aromatic carbocycles. The summed E-state index contributed by atoms with van der Waals surface area (Å²) in [5, 5.41) is 0. The zero-order valence-corrected chi connectivity index (χ0v) is 11.2. The summed E-state index contributed by atoms with van der Waals surface area (Å²) in [6.07, 6.45) is 12.7. The lowest BCUT2D eigenvalue weighted by Crippen LogP contribution is -2.21. The van der Waals surface area contributed by atoms with Crippen molar-refractivity contribution in [1.29, 1.82) is 0 Å². The summed E-state index contributed by atoms with van der Waals surface area (Å²) in [6.45, 7) is 11.5. The molecule has 15 heavy (non-hydrogen) atoms. The fourth-order valence-electron chi connectivity index (χ4n) is 2.49. The van der Waals surface area contributed by atoms with E-state index in [1.54, 1.807) is 0 Å². The lowest BCUT2D eigenvalue weighted by molar-refractivity contribution is 0.219. The SMILES string of the molecule is CC(C)(C)[C-]=CCC(C)(C)C1CCCC1. The van der Waals surface area contributed by atoms with Crippen LogP contribution in [-0.4, -0.2) is 0 Å². The minimum atomic E-state index is 0.214. The van der Waals surface area contributed by atoms with Gasteiger partial charge < -0.3 is 6.08 Å². The van der Waals surface area contributed by atoms with Gasteiger partial charge in [0.15, 0.2) is 0 Å². The molecule has 0 aromatic rings. The topological polar surface area (TPSA) is 0 Å². The summed E-state index contributed by atoms with van der Waals surface area (Å²) in [5.74, 6) is 0.940. The first-order chi connectivity index (χ1) is 6.81. The molecule has 0 N–H and O–H groups in total. The predicted molar refractivity (Wildman–Crippen MR) is 67.6 cm³/mol. The minimum absolute atomic E-state index is 0.214. The van der Waals surface area contributed by atoms with Crippen molar-refractivity contribution in [3.8, 4) is 0 Å². The van der Waals surface area contributed by atoms with E-state index in [0.29, 0.717) is 5.41 Å². The summed E-state index contributed by atoms with van der Waals surface area (Å²) in [7, 11) is 0. The van der Waals surface area contributed by atoms with Crippen molar-refractivity contribution in [3.63, 3.8) is 0 Å². The first-order valence-electron chi connectivity index (χ1n) is 6.41. The van der Waals surface area contributed by atoms with Gasteiger partial charge in [0.2, 0.25) is 0 Å². The second-order valence-electron chi connectivity index (χ2n) is 6.77. The van der Waals surface area contributed by atoms with Crippen LogP contribution in [0.25, 0.3) is 0 Å². The van der Waals surface area contributed by atoms with Crippen molar-refractivity contribution in [2.24, 2.45) is 16.7 Å². The molecule has 0 unspecified atom stereocenters. The van der Waals surface area contributed by atoms with E-state index < -0.39 is 0 Å². The molecular weight excluding hydrogens is 180 g/mol. The van der Waals surface area contributed by atoms with Crippen molar-refractivity contribution < 1.29 is 0 Å². The Morgan fingerprint density at radius 3 is 2.07 bits per heavy atom. The van der Waals surface area contributed by atoms with E-state index in [2.05, 4.69) is 46.8 Å². The van der Waals surface area contributed by atoms with Gasteiger partial charge in [0.1, 0.15) is 0 Å². The monoisotopic (exact) mass is 207 g/mol. The molecule has 88 valence electrons. The van der Waals surface area contributed by atoms with Crippen LogP contribution < -0.4 is 0 Å². The maximum absolute atomic E-state index is 3.48. The summed E-state index contributed by atoms with van der Waals surface area (Å²) in [5.41, 5.74) is 0.695. The first-order valence-corrected chi connectivity index (χ1v) is 6.41. The third kappa shape index (κ3) is 4.40. The highest BCUT2D eigenvalue weighted by Gasteiger charge is 2.29. The van der Waals surface area contributed by atoms with Gasteiger partial charge in [-0.2, -0.15) is 5.41 Å². The molecule has 0 aliphatic heterocycles. The third-order valence-electron chi connectivity index (χ3n) is 3.62. The molecule has 0 atom stereocenters. The Morgan fingerprint density at radius 1 is 1.07 bits per heavy atom. The average molecular weight is 207 g/mol. The van der Waals surface area contributed by atoms with E-state index in [4.69, 9.17) is 0 Å². The minimum Gasteiger partial charge on any atom is -0.495 e. The van der Waals surface area contributed by atoms with Gasteiger partial charge in [-0.3, -0.25) is 6.08 Å². The van der Waals surface area contributed by atoms with E-state index in [9.17, 15) is 0 Å². The van der Waals surface area contributed by atoms with Crippen LogP contribution in [0.3, 0.4) is 0 Å². The molecule has 0 radical (unpaired) electrons. The quantitative estimate of drug-likeness (QED) is 0.571. The summed E-state index contributed by atoms with van der Waals surface area (Å²) in [6, 6.07) is 0. The molecule has 0 nitrogen and oxygen atoms in total. The summed E-state index contributed by atoms with van der Waals surface area (Å²) in [4.78, 5) is 0. The maximum atomic E-state index is 3.48. The Morgan fingerprint density at radius 2 is 1.60 bits per heavy atom. The normalized spacial score (nSPS) is 20.3. The van der Waals surface area contributed by atoms with Crippen molar-refractivity contribution in [3.05, 3.63) is 12.2 Å². The number of hydrogen-bond donors (Lipinski definition) is 0. The third-order valence-corrected chi connectivity index (χ3v) is 3.62. The highest BCUT2D eigenvalue weighted by atomic mass is 14.4. The largest absolute Gasteiger partial charge is 0.495 e. The van der Waals surface area contributed by atoms with Gasteiger partial charge in [0, 0.05) is 0 Å². The van der Waals surface area contributed by atoms with Crippen LogP contribution in [0.2, 0.25) is 0 Å². The van der Waals surface area contributed by atoms with Gasteiger partial charge in [-0.1, -0.05) is 53.9 Å². The van der Waals surface area contributed by atoms with Crippen LogP contribution in [0.5, 0.6) is 0 Å². The lowest BCUT2D eigenvalue weighted by atomic mass is 9.75. The Hall–Kier alpha value is -0.260. The Balaban J connectivity index is 2.45. The van der Waals surface area contributed by atoms with E-state index in [-0.39, 0.29) is 5.41 Å². The van der Waals surface area contributed by atoms with E-state index in [1.165, 1.54) is 32.1 Å². The van der Waals surface area contributed by atoms with Gasteiger partial charge in [0.05, 0.1) is 0 Å². The van der Waals surface area contributed by atoms with Gasteiger partial charge >= 0.3 is 0 Å². The molecule has 0 heterocycles. The molecule has 1 aliphatic carbocycles. The zero-order valence-electron chi connectivity index (χ0n) is 11.2. The second-order valence-corrected chi connectivity index (χ2v) is 6.77. The smallest absolute Gasteiger partial charge is 0.0318 e. The molecule has 0 amide bonds. The zero-order chi connectivity index (χ0) is 11.5. The fourth-order valence-corrected chi connectivity index (χ4v) is 2.49. The van der Waals surface area contributed by atoms with Crippen LogP contribution in [0, 0.1) is 22.8 Å². The van der Waals surface area contributed by atoms with Gasteiger partial charge in [-0.05, 0) is 24.2 Å². The van der Waals surface area contributed by atoms with Gasteiger partial charge in [-0.25, -0.2) is 0 Å². The number of hydrogen-bond acceptors (Lipinski definition) is 0. The molecular formula is C15H27-. The van der Waals surface area contributed by atoms with Crippen LogP contribution in [-0.2, 0) is 0 Å². The van der Waals surface area contributed by atoms with E-state index in [0.717, 1.165) is 5.92 Å². The van der Waals surface area contributed by atoms with Crippen molar-refractivity contribution in [2.75, 3.05) is 0 Å². The highest BCUT2D eigenvalue weighted by molar-refractivity contribution is 4.91. The van der Waals surface area contributed by atoms with Gasteiger partial charge in [-0.15, -0.1) is 0 Å². The average Bonchev–Trinajstić information content (AvgIpc) is 2.52. The van der Waals surface area contributed by atoms with Crippen LogP contribution in [0.4, 0.5) is 0 Å².